The number of rotatable bonds is 3. The molecule has 0 spiro atoms. The Kier molecular flexibility index (Phi) is 8.33. The maximum Gasteiger partial charge on any atom is 0.139 e. The Labute approximate surface area is 137 Å². The van der Waals surface area contributed by atoms with Gasteiger partial charge in [0.05, 0.1) is 5.56 Å². The predicted molar refractivity (Wildman–Crippen MR) is 90.1 cm³/mol. The van der Waals surface area contributed by atoms with Crippen LogP contribution in [0.15, 0.2) is 24.3 Å². The Hall–Kier alpha value is -1.78. The second-order valence-electron chi connectivity index (χ2n) is 4.76. The van der Waals surface area contributed by atoms with Crippen molar-refractivity contribution in [2.45, 2.75) is 19.3 Å². The van der Waals surface area contributed by atoms with Crippen molar-refractivity contribution in [3.63, 3.8) is 0 Å². The Morgan fingerprint density at radius 3 is 2.82 bits per heavy atom. The summed E-state index contributed by atoms with van der Waals surface area (Å²) in [4.78, 5) is 0. The molecule has 1 aliphatic heterocycles. The molecule has 4 heteroatoms. The van der Waals surface area contributed by atoms with Crippen molar-refractivity contribution in [3.05, 3.63) is 41.2 Å². The highest BCUT2D eigenvalue weighted by atomic mass is 35.5. The molecular weight excluding hydrogens is 301 g/mol. The van der Waals surface area contributed by atoms with Crippen molar-refractivity contribution >= 4 is 18.0 Å². The number of hydrogen-bond donors (Lipinski definition) is 2. The molecule has 22 heavy (non-hydrogen) atoms. The fourth-order valence-electron chi connectivity index (χ4n) is 2.07. The summed E-state index contributed by atoms with van der Waals surface area (Å²) < 4.78 is 14.0. The third kappa shape index (κ3) is 5.54. The summed E-state index contributed by atoms with van der Waals surface area (Å²) in [6.45, 7) is 1.89. The van der Waals surface area contributed by atoms with Crippen molar-refractivity contribution in [1.82, 2.24) is 5.32 Å². The summed E-state index contributed by atoms with van der Waals surface area (Å²) >= 11 is 0. The molecule has 116 valence electrons. The topological polar surface area (TPSA) is 32.3 Å². The molecule has 0 saturated heterocycles. The molecular formula is C18H19ClFNO. The van der Waals surface area contributed by atoms with E-state index in [9.17, 15) is 4.39 Å². The molecule has 2 nitrogen and oxygen atoms in total. The van der Waals surface area contributed by atoms with Gasteiger partial charge in [-0.3, -0.25) is 0 Å². The Morgan fingerprint density at radius 2 is 2.14 bits per heavy atom. The van der Waals surface area contributed by atoms with Crippen molar-refractivity contribution in [1.29, 1.82) is 0 Å². The number of halogens is 2. The van der Waals surface area contributed by atoms with Crippen LogP contribution in [0.5, 0.6) is 0 Å². The molecule has 1 heterocycles. The van der Waals surface area contributed by atoms with Gasteiger partial charge in [0.25, 0.3) is 0 Å². The van der Waals surface area contributed by atoms with Crippen LogP contribution in [-0.4, -0.2) is 24.8 Å². The van der Waals surface area contributed by atoms with E-state index in [1.165, 1.54) is 5.57 Å². The largest absolute Gasteiger partial charge is 0.396 e. The standard InChI is InChI=1S/C18H18FNO.ClH/c19-18-14-17(15-9-11-20-12-10-15)8-7-16(18)6-4-2-1-3-5-13-21;/h7-9,14,20-21H,3,5,10-13H2;1H. The van der Waals surface area contributed by atoms with Crippen LogP contribution in [0.1, 0.15) is 30.4 Å². The van der Waals surface area contributed by atoms with Crippen molar-refractivity contribution in [2.75, 3.05) is 19.7 Å². The monoisotopic (exact) mass is 319 g/mol. The molecule has 1 aliphatic rings. The number of hydrogen-bond acceptors (Lipinski definition) is 2. The van der Waals surface area contributed by atoms with E-state index in [1.807, 2.05) is 6.07 Å². The summed E-state index contributed by atoms with van der Waals surface area (Å²) in [5.74, 6) is 10.5. The van der Waals surface area contributed by atoms with Crippen LogP contribution < -0.4 is 5.32 Å². The van der Waals surface area contributed by atoms with Gasteiger partial charge in [0, 0.05) is 19.6 Å². The van der Waals surface area contributed by atoms with Gasteiger partial charge >= 0.3 is 0 Å². The van der Waals surface area contributed by atoms with Gasteiger partial charge in [-0.2, -0.15) is 0 Å². The molecule has 0 saturated carbocycles. The minimum atomic E-state index is -0.309. The van der Waals surface area contributed by atoms with Crippen LogP contribution in [0, 0.1) is 29.5 Å². The molecule has 0 fully saturated rings. The van der Waals surface area contributed by atoms with Gasteiger partial charge in [-0.05, 0) is 60.4 Å². The van der Waals surface area contributed by atoms with Gasteiger partial charge in [-0.15, -0.1) is 12.4 Å². The Morgan fingerprint density at radius 1 is 1.27 bits per heavy atom. The lowest BCUT2D eigenvalue weighted by atomic mass is 9.99. The van der Waals surface area contributed by atoms with E-state index >= 15 is 0 Å². The lowest BCUT2D eigenvalue weighted by molar-refractivity contribution is 0.290. The second-order valence-corrected chi connectivity index (χ2v) is 4.76. The van der Waals surface area contributed by atoms with E-state index in [1.54, 1.807) is 12.1 Å². The SMILES string of the molecule is Cl.OCCCC#CC#Cc1ccc(C2=CCNCC2)cc1F. The molecule has 1 aromatic rings. The average molecular weight is 320 g/mol. The van der Waals surface area contributed by atoms with Crippen LogP contribution in [0.2, 0.25) is 0 Å². The minimum absolute atomic E-state index is 0. The summed E-state index contributed by atoms with van der Waals surface area (Å²) in [6, 6.07) is 5.15. The molecule has 2 rings (SSSR count). The van der Waals surface area contributed by atoms with Crippen LogP contribution in [-0.2, 0) is 0 Å². The zero-order valence-electron chi connectivity index (χ0n) is 12.3. The predicted octanol–water partition coefficient (Wildman–Crippen LogP) is 2.75. The van der Waals surface area contributed by atoms with E-state index in [4.69, 9.17) is 5.11 Å². The Balaban J connectivity index is 0.00000242. The fourth-order valence-corrected chi connectivity index (χ4v) is 2.07. The summed E-state index contributed by atoms with van der Waals surface area (Å²) in [6.07, 6.45) is 4.26. The summed E-state index contributed by atoms with van der Waals surface area (Å²) in [5, 5.41) is 11.8. The zero-order chi connectivity index (χ0) is 14.9. The first-order valence-electron chi connectivity index (χ1n) is 7.10. The van der Waals surface area contributed by atoms with Crippen LogP contribution in [0.3, 0.4) is 0 Å². The number of unbranched alkanes of at least 4 members (excludes halogenated alkanes) is 1. The highest BCUT2D eigenvalue weighted by Gasteiger charge is 2.08. The van der Waals surface area contributed by atoms with Crippen molar-refractivity contribution < 1.29 is 9.50 Å². The average Bonchev–Trinajstić information content (AvgIpc) is 2.53. The molecule has 1 aromatic carbocycles. The summed E-state index contributed by atoms with van der Waals surface area (Å²) in [7, 11) is 0. The minimum Gasteiger partial charge on any atom is -0.396 e. The lowest BCUT2D eigenvalue weighted by Gasteiger charge is -2.14. The maximum atomic E-state index is 14.0. The van der Waals surface area contributed by atoms with Crippen molar-refractivity contribution in [2.24, 2.45) is 0 Å². The van der Waals surface area contributed by atoms with E-state index in [-0.39, 0.29) is 24.8 Å². The number of benzene rings is 1. The molecule has 0 atom stereocenters. The molecule has 0 aliphatic carbocycles. The third-order valence-electron chi connectivity index (χ3n) is 3.21. The van der Waals surface area contributed by atoms with Gasteiger partial charge in [0.1, 0.15) is 5.82 Å². The Bertz CT molecular complexity index is 647. The highest BCUT2D eigenvalue weighted by molar-refractivity contribution is 5.85. The number of aliphatic hydroxyl groups is 1. The first kappa shape index (κ1) is 18.3. The fraction of sp³-hybridized carbons (Fsp3) is 0.333. The molecule has 2 N–H and O–H groups in total. The quantitative estimate of drug-likeness (QED) is 0.663. The second kappa shape index (κ2) is 10.0. The maximum absolute atomic E-state index is 14.0. The van der Waals surface area contributed by atoms with E-state index in [2.05, 4.69) is 35.1 Å². The van der Waals surface area contributed by atoms with Gasteiger partial charge in [-0.25, -0.2) is 4.39 Å². The van der Waals surface area contributed by atoms with Gasteiger partial charge in [0.15, 0.2) is 0 Å². The molecule has 0 aromatic heterocycles. The van der Waals surface area contributed by atoms with Gasteiger partial charge in [-0.1, -0.05) is 18.1 Å². The zero-order valence-corrected chi connectivity index (χ0v) is 13.1. The van der Waals surface area contributed by atoms with Gasteiger partial charge in [0.2, 0.25) is 0 Å². The first-order chi connectivity index (χ1) is 10.3. The summed E-state index contributed by atoms with van der Waals surface area (Å²) in [5.41, 5.74) is 2.47. The van der Waals surface area contributed by atoms with Gasteiger partial charge < -0.3 is 10.4 Å². The molecule has 0 radical (unpaired) electrons. The molecule has 0 unspecified atom stereocenters. The van der Waals surface area contributed by atoms with Crippen LogP contribution >= 0.6 is 12.4 Å². The smallest absolute Gasteiger partial charge is 0.139 e. The van der Waals surface area contributed by atoms with Crippen LogP contribution in [0.4, 0.5) is 4.39 Å². The van der Waals surface area contributed by atoms with E-state index in [0.717, 1.165) is 25.1 Å². The first-order valence-corrected chi connectivity index (χ1v) is 7.10. The lowest BCUT2D eigenvalue weighted by Crippen LogP contribution is -2.20. The number of nitrogens with one attached hydrogen (secondary N) is 1. The van der Waals surface area contributed by atoms with E-state index < -0.39 is 0 Å². The molecule has 0 bridgehead atoms. The van der Waals surface area contributed by atoms with E-state index in [0.29, 0.717) is 18.4 Å². The van der Waals surface area contributed by atoms with Crippen LogP contribution in [0.25, 0.3) is 5.57 Å². The normalized spacial score (nSPS) is 12.9. The molecule has 0 amide bonds. The highest BCUT2D eigenvalue weighted by Crippen LogP contribution is 2.21. The third-order valence-corrected chi connectivity index (χ3v) is 3.21. The number of aliphatic hydroxyl groups excluding tert-OH is 1. The van der Waals surface area contributed by atoms with Crippen molar-refractivity contribution in [3.8, 4) is 23.7 Å².